The van der Waals surface area contributed by atoms with Gasteiger partial charge >= 0.3 is 12.4 Å². The zero-order valence-electron chi connectivity index (χ0n) is 24.4. The van der Waals surface area contributed by atoms with Crippen molar-refractivity contribution in [2.45, 2.75) is 38.0 Å². The Morgan fingerprint density at radius 1 is 0.830 bits per heavy atom. The first-order valence-electron chi connectivity index (χ1n) is 14.7. The number of halogens is 6. The maximum absolute atomic E-state index is 14.1. The molecule has 7 rings (SSSR count). The van der Waals surface area contributed by atoms with E-state index in [0.29, 0.717) is 33.4 Å². The van der Waals surface area contributed by atoms with Gasteiger partial charge in [-0.15, -0.1) is 0 Å². The van der Waals surface area contributed by atoms with Gasteiger partial charge in [0.15, 0.2) is 11.6 Å². The lowest BCUT2D eigenvalue weighted by atomic mass is 9.59. The van der Waals surface area contributed by atoms with Crippen molar-refractivity contribution in [2.24, 2.45) is 17.8 Å². The van der Waals surface area contributed by atoms with Crippen molar-refractivity contribution in [1.82, 2.24) is 0 Å². The molecule has 47 heavy (non-hydrogen) atoms. The van der Waals surface area contributed by atoms with Crippen LogP contribution in [0.4, 0.5) is 32.0 Å². The highest BCUT2D eigenvalue weighted by atomic mass is 19.4. The predicted octanol–water partition coefficient (Wildman–Crippen LogP) is 7.22. The highest BCUT2D eigenvalue weighted by Gasteiger charge is 2.57. The van der Waals surface area contributed by atoms with Crippen molar-refractivity contribution in [3.8, 4) is 5.75 Å². The fourth-order valence-electron chi connectivity index (χ4n) is 7.56. The van der Waals surface area contributed by atoms with Crippen LogP contribution in [0.5, 0.6) is 5.75 Å². The fourth-order valence-corrected chi connectivity index (χ4v) is 7.56. The Morgan fingerprint density at radius 3 is 2.15 bits per heavy atom. The van der Waals surface area contributed by atoms with Gasteiger partial charge in [-0.2, -0.15) is 26.3 Å². The van der Waals surface area contributed by atoms with Gasteiger partial charge in [-0.05, 0) is 55.3 Å². The Kier molecular flexibility index (Phi) is 6.68. The van der Waals surface area contributed by atoms with Crippen LogP contribution in [0.2, 0.25) is 0 Å². The second kappa shape index (κ2) is 10.2. The summed E-state index contributed by atoms with van der Waals surface area (Å²) in [5.74, 6) is -7.36. The van der Waals surface area contributed by atoms with Crippen LogP contribution in [-0.4, -0.2) is 28.5 Å². The summed E-state index contributed by atoms with van der Waals surface area (Å²) in [6.45, 7) is 1.46. The third-order valence-electron chi connectivity index (χ3n) is 9.64. The number of anilines is 1. The molecule has 240 valence electrons. The standard InChI is InChI=1S/C35H23F6NO5/c1-15-10-26(43)29-25(30(15)44)14-24-21(27(29)22-7-6-16-4-2-3-5-20(16)31(22)45)8-9-23-28(24)33(47)42(32(23)46)19-12-17(34(36,37)38)11-18(13-19)35(39,40)41/h2-8,10-13,23-24,27-28,45H,9,14H2,1H3. The zero-order valence-corrected chi connectivity index (χ0v) is 24.4. The number of amides is 2. The number of benzene rings is 3. The van der Waals surface area contributed by atoms with E-state index in [2.05, 4.69) is 0 Å². The zero-order chi connectivity index (χ0) is 33.7. The molecule has 0 saturated carbocycles. The van der Waals surface area contributed by atoms with Crippen molar-refractivity contribution >= 4 is 39.8 Å². The largest absolute Gasteiger partial charge is 0.507 e. The number of Topliss-reactive ketones (excluding diaryl/α,β-unsaturated/α-hetero) is 1. The van der Waals surface area contributed by atoms with Crippen molar-refractivity contribution < 1.29 is 50.6 Å². The van der Waals surface area contributed by atoms with E-state index >= 15 is 0 Å². The lowest BCUT2D eigenvalue weighted by molar-refractivity contribution is -0.143. The number of phenols is 1. The van der Waals surface area contributed by atoms with Gasteiger partial charge in [0.25, 0.3) is 0 Å². The number of hydrogen-bond acceptors (Lipinski definition) is 5. The summed E-state index contributed by atoms with van der Waals surface area (Å²) in [7, 11) is 0. The number of aromatic hydroxyl groups is 1. The Balaban J connectivity index is 1.37. The number of hydrogen-bond donors (Lipinski definition) is 1. The van der Waals surface area contributed by atoms with Crippen LogP contribution in [0.25, 0.3) is 10.8 Å². The molecule has 6 nitrogen and oxygen atoms in total. The molecule has 3 aromatic carbocycles. The van der Waals surface area contributed by atoms with Gasteiger partial charge in [0, 0.05) is 33.6 Å². The summed E-state index contributed by atoms with van der Waals surface area (Å²) >= 11 is 0. The maximum atomic E-state index is 14.1. The van der Waals surface area contributed by atoms with Crippen molar-refractivity contribution in [2.75, 3.05) is 4.90 Å². The smallest absolute Gasteiger partial charge is 0.416 e. The summed E-state index contributed by atoms with van der Waals surface area (Å²) in [6.07, 6.45) is -7.83. The van der Waals surface area contributed by atoms with E-state index in [4.69, 9.17) is 0 Å². The van der Waals surface area contributed by atoms with Gasteiger partial charge < -0.3 is 5.11 Å². The Morgan fingerprint density at radius 2 is 1.49 bits per heavy atom. The summed E-state index contributed by atoms with van der Waals surface area (Å²) in [5.41, 5.74) is -3.11. The van der Waals surface area contributed by atoms with Crippen LogP contribution < -0.4 is 4.90 Å². The van der Waals surface area contributed by atoms with Crippen LogP contribution in [0.1, 0.15) is 42.4 Å². The summed E-state index contributed by atoms with van der Waals surface area (Å²) in [4.78, 5) is 55.1. The van der Waals surface area contributed by atoms with Gasteiger partial charge in [-0.1, -0.05) is 48.0 Å². The monoisotopic (exact) mass is 651 g/mol. The molecular formula is C35H23F6NO5. The third-order valence-corrected chi connectivity index (χ3v) is 9.64. The van der Waals surface area contributed by atoms with E-state index in [1.165, 1.54) is 13.0 Å². The molecular weight excluding hydrogens is 628 g/mol. The Labute approximate surface area is 262 Å². The first-order valence-corrected chi connectivity index (χ1v) is 14.7. The number of imide groups is 1. The minimum atomic E-state index is -5.20. The fraction of sp³-hybridized carbons (Fsp3) is 0.257. The summed E-state index contributed by atoms with van der Waals surface area (Å²) in [5, 5.41) is 12.6. The van der Waals surface area contributed by atoms with Crippen molar-refractivity contribution in [1.29, 1.82) is 0 Å². The number of allylic oxidation sites excluding steroid dienone is 6. The minimum Gasteiger partial charge on any atom is -0.507 e. The number of ketones is 2. The summed E-state index contributed by atoms with van der Waals surface area (Å²) < 4.78 is 82.0. The topological polar surface area (TPSA) is 91.8 Å². The number of carbonyl (C=O) groups excluding carboxylic acids is 4. The van der Waals surface area contributed by atoms with Crippen molar-refractivity contribution in [3.05, 3.63) is 106 Å². The van der Waals surface area contributed by atoms with Gasteiger partial charge in [-0.25, -0.2) is 4.90 Å². The molecule has 1 saturated heterocycles. The lowest BCUT2D eigenvalue weighted by Crippen LogP contribution is -2.39. The molecule has 3 aromatic rings. The highest BCUT2D eigenvalue weighted by Crippen LogP contribution is 2.57. The number of rotatable bonds is 2. The van der Waals surface area contributed by atoms with Crippen molar-refractivity contribution in [3.63, 3.8) is 0 Å². The minimum absolute atomic E-state index is 0.0848. The molecule has 4 atom stereocenters. The normalized spacial score (nSPS) is 24.7. The molecule has 0 aromatic heterocycles. The predicted molar refractivity (Wildman–Crippen MR) is 156 cm³/mol. The molecule has 3 aliphatic carbocycles. The van der Waals surface area contributed by atoms with Gasteiger partial charge in [0.1, 0.15) is 5.75 Å². The molecule has 4 unspecified atom stereocenters. The molecule has 1 N–H and O–H groups in total. The highest BCUT2D eigenvalue weighted by molar-refractivity contribution is 6.25. The quantitative estimate of drug-likeness (QED) is 0.137. The summed E-state index contributed by atoms with van der Waals surface area (Å²) in [6, 6.07) is 10.9. The average molecular weight is 652 g/mol. The molecule has 0 bridgehead atoms. The van der Waals surface area contributed by atoms with Gasteiger partial charge in [0.05, 0.1) is 28.7 Å². The number of fused-ring (bicyclic) bond motifs is 4. The Bertz CT molecular complexity index is 2020. The maximum Gasteiger partial charge on any atom is 0.416 e. The number of phenolic OH excluding ortho intramolecular Hbond substituents is 1. The second-order valence-electron chi connectivity index (χ2n) is 12.2. The Hall–Kier alpha value is -5.00. The van der Waals surface area contributed by atoms with Crippen LogP contribution in [0.15, 0.2) is 89.0 Å². The van der Waals surface area contributed by atoms with Crippen LogP contribution in [0.3, 0.4) is 0 Å². The van der Waals surface area contributed by atoms with Crippen LogP contribution in [-0.2, 0) is 31.5 Å². The third kappa shape index (κ3) is 4.63. The average Bonchev–Trinajstić information content (AvgIpc) is 3.27. The molecule has 0 radical (unpaired) electrons. The first-order chi connectivity index (χ1) is 22.1. The number of carbonyl (C=O) groups is 4. The molecule has 2 amide bonds. The van der Waals surface area contributed by atoms with Crippen LogP contribution >= 0.6 is 0 Å². The van der Waals surface area contributed by atoms with E-state index in [0.717, 1.165) is 0 Å². The van der Waals surface area contributed by atoms with E-state index in [1.807, 2.05) is 0 Å². The molecule has 4 aliphatic rings. The van der Waals surface area contributed by atoms with Gasteiger partial charge in [0.2, 0.25) is 11.8 Å². The van der Waals surface area contributed by atoms with E-state index in [-0.39, 0.29) is 46.9 Å². The molecule has 1 heterocycles. The van der Waals surface area contributed by atoms with Gasteiger partial charge in [-0.3, -0.25) is 19.2 Å². The lowest BCUT2D eigenvalue weighted by Gasteiger charge is -2.42. The second-order valence-corrected chi connectivity index (χ2v) is 12.2. The molecule has 12 heteroatoms. The first kappa shape index (κ1) is 30.6. The SMILES string of the molecule is CC1=CC(=O)C2=C(CC3C(=CCC4C(=O)N(c5cc(C(F)(F)F)cc(C(F)(F)F)c5)C(=O)C43)C2c2ccc3ccccc3c2O)C1=O. The van der Waals surface area contributed by atoms with E-state index < -0.39 is 76.2 Å². The molecule has 1 fully saturated rings. The molecule has 0 spiro atoms. The van der Waals surface area contributed by atoms with E-state index in [1.54, 1.807) is 42.5 Å². The van der Waals surface area contributed by atoms with E-state index in [9.17, 15) is 50.6 Å². The number of nitrogens with zero attached hydrogens (tertiary/aromatic N) is 1. The molecule has 1 aliphatic heterocycles. The number of alkyl halides is 6. The van der Waals surface area contributed by atoms with Crippen LogP contribution in [0, 0.1) is 17.8 Å².